The highest BCUT2D eigenvalue weighted by molar-refractivity contribution is 5.94. The third-order valence-corrected chi connectivity index (χ3v) is 3.39. The summed E-state index contributed by atoms with van der Waals surface area (Å²) in [5.41, 5.74) is 6.53. The first kappa shape index (κ1) is 16.0. The molecule has 5 heteroatoms. The summed E-state index contributed by atoms with van der Waals surface area (Å²) in [4.78, 5) is 22.6. The number of amides is 3. The Balaban J connectivity index is 2.50. The van der Waals surface area contributed by atoms with Crippen molar-refractivity contribution in [1.29, 1.82) is 0 Å². The maximum absolute atomic E-state index is 12.0. The summed E-state index contributed by atoms with van der Waals surface area (Å²) in [6.45, 7) is 5.32. The molecule has 0 radical (unpaired) electrons. The zero-order valence-electron chi connectivity index (χ0n) is 12.1. The van der Waals surface area contributed by atoms with E-state index >= 15 is 0 Å². The quantitative estimate of drug-likeness (QED) is 0.712. The first-order chi connectivity index (χ1) is 9.56. The zero-order chi connectivity index (χ0) is 15.0. The lowest BCUT2D eigenvalue weighted by Gasteiger charge is -2.13. The highest BCUT2D eigenvalue weighted by Gasteiger charge is 2.08. The van der Waals surface area contributed by atoms with Gasteiger partial charge >= 0.3 is 6.03 Å². The van der Waals surface area contributed by atoms with Crippen molar-refractivity contribution in [3.63, 3.8) is 0 Å². The van der Waals surface area contributed by atoms with E-state index in [1.54, 1.807) is 12.1 Å². The van der Waals surface area contributed by atoms with E-state index < -0.39 is 6.03 Å². The highest BCUT2D eigenvalue weighted by atomic mass is 16.2. The lowest BCUT2D eigenvalue weighted by Crippen LogP contribution is -2.29. The molecule has 0 aromatic heterocycles. The SMILES string of the molecule is CCC(CC)CNC(=O)c1ccc(CNC(N)=O)cc1. The van der Waals surface area contributed by atoms with E-state index in [0.29, 0.717) is 24.6 Å². The molecule has 0 fully saturated rings. The summed E-state index contributed by atoms with van der Waals surface area (Å²) < 4.78 is 0. The molecule has 4 N–H and O–H groups in total. The fourth-order valence-electron chi connectivity index (χ4n) is 1.88. The maximum Gasteiger partial charge on any atom is 0.312 e. The van der Waals surface area contributed by atoms with Gasteiger partial charge in [0.1, 0.15) is 0 Å². The summed E-state index contributed by atoms with van der Waals surface area (Å²) in [6, 6.07) is 6.56. The fourth-order valence-corrected chi connectivity index (χ4v) is 1.88. The van der Waals surface area contributed by atoms with Gasteiger partial charge in [-0.05, 0) is 23.6 Å². The molecule has 20 heavy (non-hydrogen) atoms. The maximum atomic E-state index is 12.0. The van der Waals surface area contributed by atoms with Gasteiger partial charge < -0.3 is 16.4 Å². The topological polar surface area (TPSA) is 84.2 Å². The number of rotatable bonds is 7. The molecule has 1 aromatic carbocycles. The summed E-state index contributed by atoms with van der Waals surface area (Å²) in [5, 5.41) is 5.45. The van der Waals surface area contributed by atoms with E-state index in [2.05, 4.69) is 24.5 Å². The molecular weight excluding hydrogens is 254 g/mol. The van der Waals surface area contributed by atoms with E-state index in [9.17, 15) is 9.59 Å². The minimum atomic E-state index is -0.558. The Morgan fingerprint density at radius 1 is 1.10 bits per heavy atom. The minimum absolute atomic E-state index is 0.0636. The van der Waals surface area contributed by atoms with Crippen LogP contribution in [0.1, 0.15) is 42.6 Å². The fraction of sp³-hybridized carbons (Fsp3) is 0.467. The average molecular weight is 277 g/mol. The van der Waals surface area contributed by atoms with E-state index in [4.69, 9.17) is 5.73 Å². The van der Waals surface area contributed by atoms with Crippen molar-refractivity contribution in [3.05, 3.63) is 35.4 Å². The van der Waals surface area contributed by atoms with E-state index in [1.807, 2.05) is 12.1 Å². The third-order valence-electron chi connectivity index (χ3n) is 3.39. The average Bonchev–Trinajstić information content (AvgIpc) is 2.46. The lowest BCUT2D eigenvalue weighted by molar-refractivity contribution is 0.0946. The number of hydrogen-bond donors (Lipinski definition) is 3. The molecule has 0 spiro atoms. The van der Waals surface area contributed by atoms with Crippen molar-refractivity contribution in [2.45, 2.75) is 33.2 Å². The predicted octanol–water partition coefficient (Wildman–Crippen LogP) is 2.02. The number of urea groups is 1. The van der Waals surface area contributed by atoms with Crippen LogP contribution in [-0.4, -0.2) is 18.5 Å². The van der Waals surface area contributed by atoms with Crippen LogP contribution in [0.5, 0.6) is 0 Å². The van der Waals surface area contributed by atoms with E-state index in [1.165, 1.54) is 0 Å². The zero-order valence-corrected chi connectivity index (χ0v) is 12.1. The van der Waals surface area contributed by atoms with Crippen LogP contribution >= 0.6 is 0 Å². The van der Waals surface area contributed by atoms with Gasteiger partial charge in [0, 0.05) is 18.7 Å². The molecule has 3 amide bonds. The molecule has 0 aliphatic heterocycles. The second kappa shape index (κ2) is 8.19. The molecule has 0 aliphatic rings. The summed E-state index contributed by atoms with van der Waals surface area (Å²) in [6.07, 6.45) is 2.13. The third kappa shape index (κ3) is 5.30. The Morgan fingerprint density at radius 3 is 2.20 bits per heavy atom. The number of hydrogen-bond acceptors (Lipinski definition) is 2. The van der Waals surface area contributed by atoms with Crippen LogP contribution < -0.4 is 16.4 Å². The molecular formula is C15H23N3O2. The summed E-state index contributed by atoms with van der Waals surface area (Å²) in [5.74, 6) is 0.462. The largest absolute Gasteiger partial charge is 0.352 e. The summed E-state index contributed by atoms with van der Waals surface area (Å²) >= 11 is 0. The Kier molecular flexibility index (Phi) is 6.56. The Morgan fingerprint density at radius 2 is 1.70 bits per heavy atom. The first-order valence-electron chi connectivity index (χ1n) is 6.97. The van der Waals surface area contributed by atoms with Gasteiger partial charge in [-0.2, -0.15) is 0 Å². The normalized spacial score (nSPS) is 10.3. The molecule has 1 aromatic rings. The number of primary amides is 1. The molecule has 0 unspecified atom stereocenters. The van der Waals surface area contributed by atoms with Crippen molar-refractivity contribution in [3.8, 4) is 0 Å². The van der Waals surface area contributed by atoms with Crippen LogP contribution in [0.25, 0.3) is 0 Å². The Bertz CT molecular complexity index is 439. The van der Waals surface area contributed by atoms with Gasteiger partial charge in [0.2, 0.25) is 0 Å². The Hall–Kier alpha value is -2.04. The van der Waals surface area contributed by atoms with Crippen molar-refractivity contribution >= 4 is 11.9 Å². The predicted molar refractivity (Wildman–Crippen MR) is 79.3 cm³/mol. The molecule has 0 saturated heterocycles. The molecule has 0 aliphatic carbocycles. The van der Waals surface area contributed by atoms with Gasteiger partial charge in [0.05, 0.1) is 0 Å². The lowest BCUT2D eigenvalue weighted by atomic mass is 10.0. The minimum Gasteiger partial charge on any atom is -0.352 e. The van der Waals surface area contributed by atoms with Gasteiger partial charge in [-0.15, -0.1) is 0 Å². The molecule has 0 atom stereocenters. The van der Waals surface area contributed by atoms with Gasteiger partial charge in [0.15, 0.2) is 0 Å². The standard InChI is InChI=1S/C15H23N3O2/c1-3-11(4-2)9-17-14(19)13-7-5-12(6-8-13)10-18-15(16)20/h5-8,11H,3-4,9-10H2,1-2H3,(H,17,19)(H3,16,18,20). The molecule has 110 valence electrons. The number of nitrogens with one attached hydrogen (secondary N) is 2. The molecule has 0 saturated carbocycles. The van der Waals surface area contributed by atoms with Crippen LogP contribution in [0.15, 0.2) is 24.3 Å². The number of carbonyl (C=O) groups is 2. The van der Waals surface area contributed by atoms with Gasteiger partial charge in [-0.1, -0.05) is 38.8 Å². The highest BCUT2D eigenvalue weighted by Crippen LogP contribution is 2.07. The molecule has 0 bridgehead atoms. The number of benzene rings is 1. The van der Waals surface area contributed by atoms with Crippen molar-refractivity contribution in [1.82, 2.24) is 10.6 Å². The number of carbonyl (C=O) groups excluding carboxylic acids is 2. The van der Waals surface area contributed by atoms with E-state index in [-0.39, 0.29) is 5.91 Å². The van der Waals surface area contributed by atoms with Crippen LogP contribution in [-0.2, 0) is 6.54 Å². The van der Waals surface area contributed by atoms with Gasteiger partial charge in [-0.3, -0.25) is 4.79 Å². The van der Waals surface area contributed by atoms with Crippen LogP contribution in [0.3, 0.4) is 0 Å². The van der Waals surface area contributed by atoms with Crippen LogP contribution in [0.4, 0.5) is 4.79 Å². The van der Waals surface area contributed by atoms with Crippen LogP contribution in [0.2, 0.25) is 0 Å². The van der Waals surface area contributed by atoms with Crippen molar-refractivity contribution in [2.75, 3.05) is 6.54 Å². The number of nitrogens with two attached hydrogens (primary N) is 1. The monoisotopic (exact) mass is 277 g/mol. The van der Waals surface area contributed by atoms with Gasteiger partial charge in [-0.25, -0.2) is 4.79 Å². The van der Waals surface area contributed by atoms with Crippen LogP contribution in [0, 0.1) is 5.92 Å². The molecule has 1 rings (SSSR count). The van der Waals surface area contributed by atoms with E-state index in [0.717, 1.165) is 18.4 Å². The summed E-state index contributed by atoms with van der Waals surface area (Å²) in [7, 11) is 0. The molecule has 0 heterocycles. The van der Waals surface area contributed by atoms with Crippen molar-refractivity contribution < 1.29 is 9.59 Å². The second-order valence-electron chi connectivity index (χ2n) is 4.81. The van der Waals surface area contributed by atoms with Gasteiger partial charge in [0.25, 0.3) is 5.91 Å². The first-order valence-corrected chi connectivity index (χ1v) is 6.97. The smallest absolute Gasteiger partial charge is 0.312 e. The second-order valence-corrected chi connectivity index (χ2v) is 4.81. The Labute approximate surface area is 119 Å². The molecule has 5 nitrogen and oxygen atoms in total. The van der Waals surface area contributed by atoms with Crippen molar-refractivity contribution in [2.24, 2.45) is 11.7 Å².